The molecule has 1 aliphatic rings. The van der Waals surface area contributed by atoms with Gasteiger partial charge in [0.25, 0.3) is 0 Å². The number of aryl methyl sites for hydroxylation is 2. The van der Waals surface area contributed by atoms with Crippen molar-refractivity contribution in [1.82, 2.24) is 25.0 Å². The van der Waals surface area contributed by atoms with E-state index >= 15 is 0 Å². The van der Waals surface area contributed by atoms with Gasteiger partial charge in [-0.25, -0.2) is 9.67 Å². The second kappa shape index (κ2) is 8.56. The van der Waals surface area contributed by atoms with Crippen LogP contribution in [0.5, 0.6) is 0 Å². The fourth-order valence-electron chi connectivity index (χ4n) is 3.36. The third kappa shape index (κ3) is 5.11. The molecule has 0 aliphatic carbocycles. The Kier molecular flexibility index (Phi) is 6.18. The van der Waals surface area contributed by atoms with E-state index in [2.05, 4.69) is 39.4 Å². The van der Waals surface area contributed by atoms with E-state index in [4.69, 9.17) is 0 Å². The molecule has 2 atom stereocenters. The molecular weight excluding hydrogens is 314 g/mol. The Morgan fingerprint density at radius 3 is 2.92 bits per heavy atom. The first-order valence-corrected chi connectivity index (χ1v) is 9.20. The minimum Gasteiger partial charge on any atom is -0.390 e. The smallest absolute Gasteiger partial charge is 0.150 e. The lowest BCUT2D eigenvalue weighted by Crippen LogP contribution is -2.44. The number of aliphatic hydroxyl groups excluding tert-OH is 1. The summed E-state index contributed by atoms with van der Waals surface area (Å²) in [7, 11) is 2.05. The molecule has 25 heavy (non-hydrogen) atoms. The monoisotopic (exact) mass is 343 g/mol. The summed E-state index contributed by atoms with van der Waals surface area (Å²) in [5.41, 5.74) is 1.27. The molecule has 2 N–H and O–H groups in total. The van der Waals surface area contributed by atoms with Crippen molar-refractivity contribution in [2.45, 2.75) is 51.4 Å². The van der Waals surface area contributed by atoms with Gasteiger partial charge in [0.05, 0.1) is 12.6 Å². The summed E-state index contributed by atoms with van der Waals surface area (Å²) >= 11 is 0. The van der Waals surface area contributed by atoms with Crippen molar-refractivity contribution in [3.05, 3.63) is 47.5 Å². The third-order valence-electron chi connectivity index (χ3n) is 4.68. The normalized spacial score (nSPS) is 18.3. The molecule has 3 rings (SSSR count). The molecule has 1 aliphatic heterocycles. The maximum Gasteiger partial charge on any atom is 0.150 e. The lowest BCUT2D eigenvalue weighted by molar-refractivity contribution is 0.116. The number of likely N-dealkylation sites (N-methyl/N-ethyl adjacent to an activating group) is 1. The van der Waals surface area contributed by atoms with Crippen LogP contribution >= 0.6 is 0 Å². The molecular formula is C19H29N5O. The van der Waals surface area contributed by atoms with Crippen LogP contribution in [0.2, 0.25) is 0 Å². The van der Waals surface area contributed by atoms with Crippen LogP contribution in [-0.4, -0.2) is 57.1 Å². The Balaban J connectivity index is 1.41. The molecule has 6 nitrogen and oxygen atoms in total. The number of rotatable bonds is 8. The highest BCUT2D eigenvalue weighted by atomic mass is 16.3. The largest absolute Gasteiger partial charge is 0.390 e. The average Bonchev–Trinajstić information content (AvgIpc) is 3.03. The van der Waals surface area contributed by atoms with Crippen LogP contribution in [0.1, 0.15) is 30.6 Å². The Hall–Kier alpha value is -1.76. The molecule has 0 bridgehead atoms. The molecule has 0 fully saturated rings. The van der Waals surface area contributed by atoms with Crippen LogP contribution in [0.15, 0.2) is 30.3 Å². The molecule has 2 aromatic rings. The first-order valence-electron chi connectivity index (χ1n) is 9.20. The summed E-state index contributed by atoms with van der Waals surface area (Å²) in [6, 6.07) is 10.7. The highest BCUT2D eigenvalue weighted by Gasteiger charge is 2.21. The Bertz CT molecular complexity index is 657. The minimum absolute atomic E-state index is 0.355. The van der Waals surface area contributed by atoms with Gasteiger partial charge in [0, 0.05) is 38.5 Å². The molecule has 2 heterocycles. The zero-order valence-corrected chi connectivity index (χ0v) is 15.2. The standard InChI is InChI=1S/C19H29N5O/c1-3-18-21-19-10-9-16(13-24(19)22-18)20-11-17(25)14-23(2)12-15-7-5-4-6-8-15/h4-8,16-17,20,25H,3,9-14H2,1-2H3. The summed E-state index contributed by atoms with van der Waals surface area (Å²) in [6.45, 7) is 5.04. The first-order chi connectivity index (χ1) is 12.1. The van der Waals surface area contributed by atoms with Gasteiger partial charge < -0.3 is 10.4 Å². The van der Waals surface area contributed by atoms with Crippen molar-refractivity contribution in [2.24, 2.45) is 0 Å². The summed E-state index contributed by atoms with van der Waals surface area (Å²) in [4.78, 5) is 6.70. The predicted molar refractivity (Wildman–Crippen MR) is 98.3 cm³/mol. The second-order valence-electron chi connectivity index (χ2n) is 6.96. The van der Waals surface area contributed by atoms with Crippen LogP contribution < -0.4 is 5.32 Å². The average molecular weight is 343 g/mol. The minimum atomic E-state index is -0.378. The van der Waals surface area contributed by atoms with E-state index in [0.717, 1.165) is 44.0 Å². The van der Waals surface area contributed by atoms with Gasteiger partial charge in [-0.2, -0.15) is 5.10 Å². The number of fused-ring (bicyclic) bond motifs is 1. The van der Waals surface area contributed by atoms with Gasteiger partial charge in [0.1, 0.15) is 5.82 Å². The quantitative estimate of drug-likeness (QED) is 0.755. The van der Waals surface area contributed by atoms with E-state index in [0.29, 0.717) is 19.1 Å². The Morgan fingerprint density at radius 2 is 2.16 bits per heavy atom. The van der Waals surface area contributed by atoms with Crippen LogP contribution in [0, 0.1) is 0 Å². The van der Waals surface area contributed by atoms with Gasteiger partial charge in [-0.1, -0.05) is 37.3 Å². The SMILES string of the molecule is CCc1nc2n(n1)CC(NCC(O)CN(C)Cc1ccccc1)CC2. The fourth-order valence-corrected chi connectivity index (χ4v) is 3.36. The van der Waals surface area contributed by atoms with E-state index in [9.17, 15) is 5.11 Å². The third-order valence-corrected chi connectivity index (χ3v) is 4.68. The fraction of sp³-hybridized carbons (Fsp3) is 0.579. The molecule has 0 radical (unpaired) electrons. The van der Waals surface area contributed by atoms with Gasteiger partial charge in [0.15, 0.2) is 5.82 Å². The molecule has 1 aromatic carbocycles. The number of aromatic nitrogens is 3. The second-order valence-corrected chi connectivity index (χ2v) is 6.96. The number of hydrogen-bond donors (Lipinski definition) is 2. The van der Waals surface area contributed by atoms with Crippen LogP contribution in [0.3, 0.4) is 0 Å². The predicted octanol–water partition coefficient (Wildman–Crippen LogP) is 1.24. The first kappa shape index (κ1) is 18.0. The molecule has 0 spiro atoms. The summed E-state index contributed by atoms with van der Waals surface area (Å²) < 4.78 is 2.02. The molecule has 2 unspecified atom stereocenters. The molecule has 0 saturated heterocycles. The van der Waals surface area contributed by atoms with Crippen molar-refractivity contribution in [2.75, 3.05) is 20.1 Å². The maximum absolute atomic E-state index is 10.3. The van der Waals surface area contributed by atoms with Crippen molar-refractivity contribution in [3.8, 4) is 0 Å². The molecule has 6 heteroatoms. The molecule has 0 saturated carbocycles. The zero-order chi connectivity index (χ0) is 17.6. The molecule has 0 amide bonds. The highest BCUT2D eigenvalue weighted by Crippen LogP contribution is 2.13. The van der Waals surface area contributed by atoms with Crippen molar-refractivity contribution in [3.63, 3.8) is 0 Å². The summed E-state index contributed by atoms with van der Waals surface area (Å²) in [5, 5.41) is 18.4. The van der Waals surface area contributed by atoms with Gasteiger partial charge in [0.2, 0.25) is 0 Å². The Morgan fingerprint density at radius 1 is 1.36 bits per heavy atom. The van der Waals surface area contributed by atoms with Crippen LogP contribution in [-0.2, 0) is 25.9 Å². The number of benzene rings is 1. The molecule has 136 valence electrons. The van der Waals surface area contributed by atoms with Gasteiger partial charge in [-0.05, 0) is 19.0 Å². The van der Waals surface area contributed by atoms with Gasteiger partial charge in [-0.15, -0.1) is 0 Å². The lowest BCUT2D eigenvalue weighted by Gasteiger charge is -2.26. The van der Waals surface area contributed by atoms with E-state index < -0.39 is 0 Å². The zero-order valence-electron chi connectivity index (χ0n) is 15.2. The molecule has 1 aromatic heterocycles. The van der Waals surface area contributed by atoms with E-state index in [1.807, 2.05) is 29.9 Å². The van der Waals surface area contributed by atoms with Crippen molar-refractivity contribution in [1.29, 1.82) is 0 Å². The van der Waals surface area contributed by atoms with Gasteiger partial charge >= 0.3 is 0 Å². The van der Waals surface area contributed by atoms with Crippen molar-refractivity contribution < 1.29 is 5.11 Å². The summed E-state index contributed by atoms with van der Waals surface area (Å²) in [6.07, 6.45) is 2.50. The van der Waals surface area contributed by atoms with E-state index in [1.165, 1.54) is 5.56 Å². The van der Waals surface area contributed by atoms with Gasteiger partial charge in [-0.3, -0.25) is 4.90 Å². The number of hydrogen-bond acceptors (Lipinski definition) is 5. The van der Waals surface area contributed by atoms with E-state index in [-0.39, 0.29) is 6.10 Å². The topological polar surface area (TPSA) is 66.2 Å². The lowest BCUT2D eigenvalue weighted by atomic mass is 10.1. The highest BCUT2D eigenvalue weighted by molar-refractivity contribution is 5.14. The number of nitrogens with zero attached hydrogens (tertiary/aromatic N) is 4. The van der Waals surface area contributed by atoms with E-state index in [1.54, 1.807) is 0 Å². The van der Waals surface area contributed by atoms with Crippen LogP contribution in [0.25, 0.3) is 0 Å². The van der Waals surface area contributed by atoms with Crippen LogP contribution in [0.4, 0.5) is 0 Å². The number of nitrogens with one attached hydrogen (secondary N) is 1. The summed E-state index contributed by atoms with van der Waals surface area (Å²) in [5.74, 6) is 2.02. The Labute approximate surface area is 149 Å². The number of aliphatic hydroxyl groups is 1. The maximum atomic E-state index is 10.3. The van der Waals surface area contributed by atoms with Crippen molar-refractivity contribution >= 4 is 0 Å².